The van der Waals surface area contributed by atoms with E-state index in [1.54, 1.807) is 6.08 Å². The van der Waals surface area contributed by atoms with Gasteiger partial charge in [-0.25, -0.2) is 0 Å². The van der Waals surface area contributed by atoms with Crippen molar-refractivity contribution in [3.63, 3.8) is 0 Å². The molecule has 0 saturated carbocycles. The van der Waals surface area contributed by atoms with Crippen LogP contribution in [0.2, 0.25) is 0 Å². The van der Waals surface area contributed by atoms with Gasteiger partial charge in [-0.3, -0.25) is 20.2 Å². The van der Waals surface area contributed by atoms with E-state index in [1.807, 2.05) is 6.08 Å². The molecule has 0 heterocycles. The number of nitro groups is 2. The lowest BCUT2D eigenvalue weighted by Crippen LogP contribution is -2.00. The Hall–Kier alpha value is -2.31. The minimum atomic E-state index is -0.427. The zero-order valence-corrected chi connectivity index (χ0v) is 16.3. The van der Waals surface area contributed by atoms with Crippen LogP contribution in [0.5, 0.6) is 0 Å². The molecular formula is C20H32N2O5. The number of allylic oxidation sites excluding steroid dienone is 5. The maximum atomic E-state index is 11.1. The van der Waals surface area contributed by atoms with Gasteiger partial charge in [0.15, 0.2) is 0 Å². The normalized spacial score (nSPS) is 12.5. The van der Waals surface area contributed by atoms with Gasteiger partial charge in [0, 0.05) is 12.8 Å². The number of nitrogens with zero attached hydrogens (tertiary/aromatic N) is 2. The monoisotopic (exact) mass is 380 g/mol. The van der Waals surface area contributed by atoms with E-state index in [0.29, 0.717) is 19.3 Å². The number of rotatable bonds is 17. The number of unbranched alkanes of at least 4 members (excludes halogenated alkanes) is 7. The molecule has 7 heteroatoms. The molecule has 0 atom stereocenters. The van der Waals surface area contributed by atoms with Crippen molar-refractivity contribution >= 4 is 6.29 Å². The summed E-state index contributed by atoms with van der Waals surface area (Å²) in [6.45, 7) is 2.12. The Morgan fingerprint density at radius 2 is 1.44 bits per heavy atom. The molecule has 0 aromatic heterocycles. The first kappa shape index (κ1) is 24.7. The Morgan fingerprint density at radius 3 is 2.07 bits per heavy atom. The summed E-state index contributed by atoms with van der Waals surface area (Å²) >= 11 is 0. The number of carbonyl (C=O) groups excluding carboxylic acids is 1. The molecule has 0 aliphatic carbocycles. The highest BCUT2D eigenvalue weighted by atomic mass is 16.6. The summed E-state index contributed by atoms with van der Waals surface area (Å²) in [7, 11) is 0. The van der Waals surface area contributed by atoms with E-state index < -0.39 is 9.85 Å². The summed E-state index contributed by atoms with van der Waals surface area (Å²) in [5, 5.41) is 22.2. The van der Waals surface area contributed by atoms with Gasteiger partial charge in [0.25, 0.3) is 0 Å². The molecule has 0 aromatic carbocycles. The van der Waals surface area contributed by atoms with Gasteiger partial charge in [-0.2, -0.15) is 0 Å². The van der Waals surface area contributed by atoms with E-state index >= 15 is 0 Å². The highest BCUT2D eigenvalue weighted by molar-refractivity contribution is 5.48. The van der Waals surface area contributed by atoms with E-state index in [1.165, 1.54) is 12.2 Å². The zero-order valence-electron chi connectivity index (χ0n) is 16.3. The summed E-state index contributed by atoms with van der Waals surface area (Å²) in [6.07, 6.45) is 16.3. The van der Waals surface area contributed by atoms with Gasteiger partial charge in [0.05, 0.1) is 16.3 Å². The second-order valence-electron chi connectivity index (χ2n) is 6.43. The molecule has 0 rings (SSSR count). The predicted octanol–water partition coefficient (Wildman–Crippen LogP) is 5.76. The van der Waals surface area contributed by atoms with Crippen LogP contribution < -0.4 is 0 Å². The lowest BCUT2D eigenvalue weighted by molar-refractivity contribution is -0.428. The van der Waals surface area contributed by atoms with Gasteiger partial charge < -0.3 is 4.79 Å². The maximum absolute atomic E-state index is 11.1. The lowest BCUT2D eigenvalue weighted by Gasteiger charge is -1.99. The smallest absolute Gasteiger partial charge is 0.246 e. The summed E-state index contributed by atoms with van der Waals surface area (Å²) in [5.41, 5.74) is 0.161. The summed E-state index contributed by atoms with van der Waals surface area (Å²) < 4.78 is 0. The van der Waals surface area contributed by atoms with Crippen LogP contribution in [0.3, 0.4) is 0 Å². The van der Waals surface area contributed by atoms with Gasteiger partial charge in [-0.1, -0.05) is 44.8 Å². The van der Waals surface area contributed by atoms with Crippen molar-refractivity contribution in [2.45, 2.75) is 84.0 Å². The molecule has 0 amide bonds. The van der Waals surface area contributed by atoms with Crippen LogP contribution in [0.1, 0.15) is 84.0 Å². The van der Waals surface area contributed by atoms with Crippen molar-refractivity contribution in [3.8, 4) is 0 Å². The summed E-state index contributed by atoms with van der Waals surface area (Å²) in [6, 6.07) is 0. The molecule has 0 aromatic rings. The molecular weight excluding hydrogens is 348 g/mol. The Labute approximate surface area is 161 Å². The van der Waals surface area contributed by atoms with Gasteiger partial charge in [0.1, 0.15) is 6.29 Å². The van der Waals surface area contributed by atoms with Crippen LogP contribution in [-0.4, -0.2) is 16.1 Å². The van der Waals surface area contributed by atoms with Gasteiger partial charge in [-0.15, -0.1) is 0 Å². The fraction of sp³-hybridized carbons (Fsp3) is 0.650. The third-order valence-corrected chi connectivity index (χ3v) is 4.15. The SMILES string of the molecule is CCCCC/C=C/C/C(=C/C/C=C(/CCCCCCC=O)[N+](=O)[O-])[N+](=O)[O-]. The van der Waals surface area contributed by atoms with Crippen molar-refractivity contribution in [1.29, 1.82) is 0 Å². The molecule has 0 N–H and O–H groups in total. The third-order valence-electron chi connectivity index (χ3n) is 4.15. The van der Waals surface area contributed by atoms with Crippen LogP contribution in [-0.2, 0) is 4.79 Å². The standard InChI is InChI=1S/C20H32N2O5/c1-2-3-4-5-7-10-14-19(21(24)25)16-13-17-20(22(26)27)15-11-8-6-9-12-18-23/h7,10,16-18H,2-6,8-9,11-15H2,1H3/b10-7+,19-16-,20-17-. The van der Waals surface area contributed by atoms with Gasteiger partial charge in [-0.05, 0) is 44.3 Å². The van der Waals surface area contributed by atoms with E-state index in [0.717, 1.165) is 51.2 Å². The van der Waals surface area contributed by atoms with Crippen molar-refractivity contribution in [1.82, 2.24) is 0 Å². The lowest BCUT2D eigenvalue weighted by atomic mass is 10.1. The quantitative estimate of drug-likeness (QED) is 0.105. The van der Waals surface area contributed by atoms with E-state index in [4.69, 9.17) is 0 Å². The highest BCUT2D eigenvalue weighted by Gasteiger charge is 2.11. The van der Waals surface area contributed by atoms with Crippen molar-refractivity contribution < 1.29 is 14.6 Å². The molecule has 27 heavy (non-hydrogen) atoms. The largest absolute Gasteiger partial charge is 0.303 e. The number of aldehydes is 1. The van der Waals surface area contributed by atoms with E-state index in [-0.39, 0.29) is 24.2 Å². The number of carbonyl (C=O) groups is 1. The highest BCUT2D eigenvalue weighted by Crippen LogP contribution is 2.14. The topological polar surface area (TPSA) is 103 Å². The van der Waals surface area contributed by atoms with Gasteiger partial charge >= 0.3 is 0 Å². The average Bonchev–Trinajstić information content (AvgIpc) is 2.63. The summed E-state index contributed by atoms with van der Waals surface area (Å²) in [4.78, 5) is 31.6. The second-order valence-corrected chi connectivity index (χ2v) is 6.43. The van der Waals surface area contributed by atoms with Crippen LogP contribution >= 0.6 is 0 Å². The Kier molecular flexibility index (Phi) is 15.7. The molecule has 0 aliphatic heterocycles. The van der Waals surface area contributed by atoms with E-state index in [9.17, 15) is 25.0 Å². The Bertz CT molecular complexity index is 538. The van der Waals surface area contributed by atoms with Crippen molar-refractivity contribution in [3.05, 3.63) is 55.9 Å². The molecule has 0 aliphatic rings. The first-order chi connectivity index (χ1) is 13.0. The summed E-state index contributed by atoms with van der Waals surface area (Å²) in [5.74, 6) is 0. The zero-order chi connectivity index (χ0) is 20.3. The third kappa shape index (κ3) is 14.5. The number of hydrogen-bond donors (Lipinski definition) is 0. The van der Waals surface area contributed by atoms with Crippen LogP contribution in [0.15, 0.2) is 35.7 Å². The Balaban J connectivity index is 4.48. The number of hydrogen-bond acceptors (Lipinski definition) is 5. The Morgan fingerprint density at radius 1 is 0.815 bits per heavy atom. The minimum Gasteiger partial charge on any atom is -0.303 e. The average molecular weight is 380 g/mol. The molecule has 0 spiro atoms. The predicted molar refractivity (Wildman–Crippen MR) is 106 cm³/mol. The molecule has 0 saturated heterocycles. The molecule has 152 valence electrons. The maximum Gasteiger partial charge on any atom is 0.246 e. The first-order valence-corrected chi connectivity index (χ1v) is 9.78. The van der Waals surface area contributed by atoms with Gasteiger partial charge in [0.2, 0.25) is 11.4 Å². The molecule has 0 bridgehead atoms. The van der Waals surface area contributed by atoms with Crippen molar-refractivity contribution in [2.75, 3.05) is 0 Å². The van der Waals surface area contributed by atoms with Crippen LogP contribution in [0.4, 0.5) is 0 Å². The first-order valence-electron chi connectivity index (χ1n) is 9.78. The minimum absolute atomic E-state index is 0.0644. The molecule has 0 unspecified atom stereocenters. The van der Waals surface area contributed by atoms with Crippen LogP contribution in [0.25, 0.3) is 0 Å². The van der Waals surface area contributed by atoms with E-state index in [2.05, 4.69) is 6.92 Å². The molecule has 0 fully saturated rings. The molecule has 7 nitrogen and oxygen atoms in total. The molecule has 0 radical (unpaired) electrons. The fourth-order valence-corrected chi connectivity index (χ4v) is 2.55. The fourth-order valence-electron chi connectivity index (χ4n) is 2.55. The van der Waals surface area contributed by atoms with Crippen molar-refractivity contribution in [2.24, 2.45) is 0 Å². The second kappa shape index (κ2) is 17.1. The van der Waals surface area contributed by atoms with Crippen LogP contribution in [0, 0.1) is 20.2 Å².